The first kappa shape index (κ1) is 17.4. The van der Waals surface area contributed by atoms with Gasteiger partial charge in [0.05, 0.1) is 23.6 Å². The van der Waals surface area contributed by atoms with Crippen LogP contribution >= 0.6 is 0 Å². The van der Waals surface area contributed by atoms with Crippen molar-refractivity contribution in [3.63, 3.8) is 0 Å². The van der Waals surface area contributed by atoms with Crippen LogP contribution < -0.4 is 10.9 Å². The van der Waals surface area contributed by atoms with Crippen molar-refractivity contribution in [2.75, 3.05) is 5.43 Å². The van der Waals surface area contributed by atoms with Crippen molar-refractivity contribution < 1.29 is 26.8 Å². The van der Waals surface area contributed by atoms with E-state index in [0.717, 1.165) is 24.4 Å². The molecule has 0 radical (unpaired) electrons. The molecule has 2 heterocycles. The Balaban J connectivity index is 1.67. The third kappa shape index (κ3) is 3.97. The number of hydrazine groups is 1. The molecule has 10 heteroatoms. The lowest BCUT2D eigenvalue weighted by Gasteiger charge is -2.06. The molecule has 1 aromatic carbocycles. The van der Waals surface area contributed by atoms with Gasteiger partial charge in [-0.05, 0) is 36.4 Å². The molecule has 0 saturated carbocycles. The summed E-state index contributed by atoms with van der Waals surface area (Å²) < 4.78 is 55.6. The van der Waals surface area contributed by atoms with Crippen LogP contribution in [0, 0.1) is 5.95 Å². The second-order valence-corrected chi connectivity index (χ2v) is 5.05. The average Bonchev–Trinajstić information content (AvgIpc) is 3.10. The number of aromatic nitrogens is 2. The number of nitrogens with one attached hydrogen (secondary N) is 2. The Kier molecular flexibility index (Phi) is 4.57. The quantitative estimate of drug-likeness (QED) is 0.419. The minimum absolute atomic E-state index is 0.00711. The molecule has 6 nitrogen and oxygen atoms in total. The molecule has 3 aromatic rings. The summed E-state index contributed by atoms with van der Waals surface area (Å²) in [5.41, 5.74) is 4.61. The molecule has 0 fully saturated rings. The Labute approximate surface area is 143 Å². The van der Waals surface area contributed by atoms with E-state index in [2.05, 4.69) is 20.8 Å². The highest BCUT2D eigenvalue weighted by Gasteiger charge is 2.30. The number of amides is 1. The Morgan fingerprint density at radius 3 is 2.35 bits per heavy atom. The van der Waals surface area contributed by atoms with Crippen LogP contribution in [-0.4, -0.2) is 15.9 Å². The van der Waals surface area contributed by atoms with Gasteiger partial charge in [0, 0.05) is 5.56 Å². The normalized spacial score (nSPS) is 11.2. The van der Waals surface area contributed by atoms with E-state index in [1.807, 2.05) is 0 Å². The number of hydrogen-bond acceptors (Lipinski definition) is 5. The highest BCUT2D eigenvalue weighted by atomic mass is 19.4. The predicted molar refractivity (Wildman–Crippen MR) is 82.2 cm³/mol. The minimum atomic E-state index is -4.44. The maximum absolute atomic E-state index is 12.7. The summed E-state index contributed by atoms with van der Waals surface area (Å²) in [6.45, 7) is 0. The first-order valence-corrected chi connectivity index (χ1v) is 7.14. The van der Waals surface area contributed by atoms with Gasteiger partial charge in [-0.15, -0.1) is 0 Å². The van der Waals surface area contributed by atoms with Gasteiger partial charge < -0.3 is 4.42 Å². The number of nitrogens with zero attached hydrogens (tertiary/aromatic N) is 2. The zero-order chi connectivity index (χ0) is 18.7. The van der Waals surface area contributed by atoms with Gasteiger partial charge in [0.2, 0.25) is 17.6 Å². The topological polar surface area (TPSA) is 80.0 Å². The van der Waals surface area contributed by atoms with E-state index in [9.17, 15) is 22.4 Å². The van der Waals surface area contributed by atoms with Crippen molar-refractivity contribution in [3.05, 3.63) is 66.1 Å². The number of pyridine rings is 1. The summed E-state index contributed by atoms with van der Waals surface area (Å²) >= 11 is 0. The van der Waals surface area contributed by atoms with Crippen LogP contribution in [0.5, 0.6) is 0 Å². The SMILES string of the molecule is O=C(NNc1ccc(F)nc1)c1cnc(-c2ccc(C(F)(F)F)cc2)o1. The maximum Gasteiger partial charge on any atom is 0.416 e. The molecule has 134 valence electrons. The van der Waals surface area contributed by atoms with Crippen LogP contribution in [0.25, 0.3) is 11.5 Å². The molecule has 0 spiro atoms. The highest BCUT2D eigenvalue weighted by molar-refractivity contribution is 5.92. The summed E-state index contributed by atoms with van der Waals surface area (Å²) in [5, 5.41) is 0. The van der Waals surface area contributed by atoms with E-state index in [1.165, 1.54) is 24.4 Å². The van der Waals surface area contributed by atoms with Crippen molar-refractivity contribution in [1.29, 1.82) is 0 Å². The summed E-state index contributed by atoms with van der Waals surface area (Å²) in [6, 6.07) is 6.63. The van der Waals surface area contributed by atoms with E-state index in [0.29, 0.717) is 5.69 Å². The summed E-state index contributed by atoms with van der Waals surface area (Å²) in [5.74, 6) is -1.52. The van der Waals surface area contributed by atoms with Crippen molar-refractivity contribution >= 4 is 11.6 Å². The van der Waals surface area contributed by atoms with Crippen LogP contribution in [0.4, 0.5) is 23.2 Å². The molecule has 0 aliphatic carbocycles. The van der Waals surface area contributed by atoms with Crippen molar-refractivity contribution in [3.8, 4) is 11.5 Å². The zero-order valence-corrected chi connectivity index (χ0v) is 12.8. The average molecular weight is 366 g/mol. The number of halogens is 4. The number of oxazole rings is 1. The molecule has 26 heavy (non-hydrogen) atoms. The summed E-state index contributed by atoms with van der Waals surface area (Å²) in [7, 11) is 0. The molecule has 0 unspecified atom stereocenters. The van der Waals surface area contributed by atoms with Crippen LogP contribution in [0.3, 0.4) is 0 Å². The minimum Gasteiger partial charge on any atom is -0.431 e. The van der Waals surface area contributed by atoms with Gasteiger partial charge in [-0.2, -0.15) is 17.6 Å². The first-order valence-electron chi connectivity index (χ1n) is 7.14. The van der Waals surface area contributed by atoms with E-state index in [1.54, 1.807) is 0 Å². The summed E-state index contributed by atoms with van der Waals surface area (Å²) in [4.78, 5) is 19.2. The fraction of sp³-hybridized carbons (Fsp3) is 0.0625. The number of rotatable bonds is 4. The van der Waals surface area contributed by atoms with Crippen LogP contribution in [0.1, 0.15) is 16.1 Å². The highest BCUT2D eigenvalue weighted by Crippen LogP contribution is 2.30. The van der Waals surface area contributed by atoms with E-state index in [-0.39, 0.29) is 17.2 Å². The monoisotopic (exact) mass is 366 g/mol. The van der Waals surface area contributed by atoms with Crippen molar-refractivity contribution in [2.24, 2.45) is 0 Å². The largest absolute Gasteiger partial charge is 0.431 e. The van der Waals surface area contributed by atoms with Gasteiger partial charge in [-0.3, -0.25) is 15.6 Å². The lowest BCUT2D eigenvalue weighted by atomic mass is 10.1. The lowest BCUT2D eigenvalue weighted by molar-refractivity contribution is -0.137. The van der Waals surface area contributed by atoms with Crippen LogP contribution in [0.15, 0.2) is 53.2 Å². The standard InChI is InChI=1S/C16H10F4N4O2/c17-13-6-5-11(7-21-13)23-24-14(25)12-8-22-15(26-12)9-1-3-10(4-2-9)16(18,19)20/h1-8,23H,(H,24,25). The van der Waals surface area contributed by atoms with Gasteiger partial charge in [-0.1, -0.05) is 0 Å². The molecule has 2 aromatic heterocycles. The third-order valence-corrected chi connectivity index (χ3v) is 3.24. The Bertz CT molecular complexity index is 905. The molecule has 1 amide bonds. The van der Waals surface area contributed by atoms with Gasteiger partial charge >= 0.3 is 12.1 Å². The number of carbonyl (C=O) groups is 1. The van der Waals surface area contributed by atoms with E-state index >= 15 is 0 Å². The fourth-order valence-corrected chi connectivity index (χ4v) is 1.95. The molecule has 0 aliphatic heterocycles. The maximum atomic E-state index is 12.7. The number of alkyl halides is 3. The summed E-state index contributed by atoms with van der Waals surface area (Å²) in [6.07, 6.45) is -2.14. The molecule has 0 bridgehead atoms. The Hall–Kier alpha value is -3.43. The number of benzene rings is 1. The van der Waals surface area contributed by atoms with Crippen molar-refractivity contribution in [2.45, 2.75) is 6.18 Å². The number of hydrogen-bond donors (Lipinski definition) is 2. The molecular formula is C16H10F4N4O2. The molecule has 0 aliphatic rings. The van der Waals surface area contributed by atoms with Crippen LogP contribution in [0.2, 0.25) is 0 Å². The zero-order valence-electron chi connectivity index (χ0n) is 12.8. The fourth-order valence-electron chi connectivity index (χ4n) is 1.95. The number of carbonyl (C=O) groups excluding carboxylic acids is 1. The van der Waals surface area contributed by atoms with Gasteiger partial charge in [-0.25, -0.2) is 9.97 Å². The van der Waals surface area contributed by atoms with Gasteiger partial charge in [0.15, 0.2) is 0 Å². The Morgan fingerprint density at radius 2 is 1.73 bits per heavy atom. The third-order valence-electron chi connectivity index (χ3n) is 3.24. The second-order valence-electron chi connectivity index (χ2n) is 5.05. The molecule has 0 atom stereocenters. The lowest BCUT2D eigenvalue weighted by Crippen LogP contribution is -2.29. The Morgan fingerprint density at radius 1 is 1.00 bits per heavy atom. The van der Waals surface area contributed by atoms with Gasteiger partial charge in [0.1, 0.15) is 0 Å². The smallest absolute Gasteiger partial charge is 0.416 e. The molecule has 0 saturated heterocycles. The molecular weight excluding hydrogens is 356 g/mol. The molecule has 2 N–H and O–H groups in total. The predicted octanol–water partition coefficient (Wildman–Crippen LogP) is 3.65. The van der Waals surface area contributed by atoms with E-state index in [4.69, 9.17) is 4.42 Å². The van der Waals surface area contributed by atoms with Gasteiger partial charge in [0.25, 0.3) is 0 Å². The first-order chi connectivity index (χ1) is 12.3. The van der Waals surface area contributed by atoms with Crippen molar-refractivity contribution in [1.82, 2.24) is 15.4 Å². The van der Waals surface area contributed by atoms with E-state index < -0.39 is 23.6 Å². The van der Waals surface area contributed by atoms with Crippen LogP contribution in [-0.2, 0) is 6.18 Å². The number of anilines is 1. The second kappa shape index (κ2) is 6.82. The molecule has 3 rings (SSSR count).